The Labute approximate surface area is 114 Å². The van der Waals surface area contributed by atoms with Crippen LogP contribution in [0.1, 0.15) is 17.2 Å². The molecule has 0 bridgehead atoms. The van der Waals surface area contributed by atoms with Crippen molar-refractivity contribution >= 4 is 23.7 Å². The number of benzene rings is 1. The van der Waals surface area contributed by atoms with Gasteiger partial charge in [0.15, 0.2) is 0 Å². The zero-order chi connectivity index (χ0) is 12.4. The van der Waals surface area contributed by atoms with E-state index in [1.165, 1.54) is 18.4 Å². The van der Waals surface area contributed by atoms with Crippen LogP contribution in [-0.2, 0) is 0 Å². The van der Waals surface area contributed by atoms with Gasteiger partial charge in [0.05, 0.1) is 13.2 Å². The molecule has 2 N–H and O–H groups in total. The second-order valence-corrected chi connectivity index (χ2v) is 4.32. The number of ether oxygens (including phenoxy) is 1. The van der Waals surface area contributed by atoms with Crippen molar-refractivity contribution in [3.63, 3.8) is 0 Å². The van der Waals surface area contributed by atoms with E-state index in [4.69, 9.17) is 10.5 Å². The zero-order valence-electron chi connectivity index (χ0n) is 9.52. The molecule has 2 aromatic rings. The maximum Gasteiger partial charge on any atom is 0.134 e. The van der Waals surface area contributed by atoms with Gasteiger partial charge in [-0.05, 0) is 22.4 Å². The maximum absolute atomic E-state index is 13.7. The molecule has 1 aromatic heterocycles. The van der Waals surface area contributed by atoms with Gasteiger partial charge in [-0.15, -0.1) is 12.4 Å². The minimum absolute atomic E-state index is 0. The first kappa shape index (κ1) is 14.9. The van der Waals surface area contributed by atoms with Gasteiger partial charge < -0.3 is 10.5 Å². The first-order valence-electron chi connectivity index (χ1n) is 4.94. The SMILES string of the molecule is COc1cc(F)c([C@@H](N)c2ccsc2)c(F)c1.Cl. The van der Waals surface area contributed by atoms with Crippen LogP contribution in [0.2, 0.25) is 0 Å². The Kier molecular flexibility index (Phi) is 5.07. The molecular weight excluding hydrogens is 280 g/mol. The highest BCUT2D eigenvalue weighted by Gasteiger charge is 2.20. The van der Waals surface area contributed by atoms with E-state index in [-0.39, 0.29) is 23.7 Å². The molecule has 0 aliphatic rings. The van der Waals surface area contributed by atoms with E-state index in [9.17, 15) is 8.78 Å². The molecule has 0 aliphatic heterocycles. The second-order valence-electron chi connectivity index (χ2n) is 3.54. The molecule has 2 rings (SSSR count). The van der Waals surface area contributed by atoms with Gasteiger partial charge in [0.1, 0.15) is 17.4 Å². The van der Waals surface area contributed by atoms with Crippen molar-refractivity contribution in [2.75, 3.05) is 7.11 Å². The van der Waals surface area contributed by atoms with Crippen molar-refractivity contribution in [3.8, 4) is 5.75 Å². The van der Waals surface area contributed by atoms with E-state index in [2.05, 4.69) is 0 Å². The summed E-state index contributed by atoms with van der Waals surface area (Å²) in [6.07, 6.45) is 0. The molecule has 2 nitrogen and oxygen atoms in total. The number of hydrogen-bond donors (Lipinski definition) is 1. The number of halogens is 3. The molecule has 0 saturated heterocycles. The van der Waals surface area contributed by atoms with Crippen molar-refractivity contribution in [1.82, 2.24) is 0 Å². The fourth-order valence-corrected chi connectivity index (χ4v) is 2.29. The standard InChI is InChI=1S/C12H11F2NOS.ClH/c1-16-8-4-9(13)11(10(14)5-8)12(15)7-2-3-17-6-7;/h2-6,12H,15H2,1H3;1H/t12-;/m0./s1. The Bertz CT molecular complexity index is 496. The molecule has 0 saturated carbocycles. The van der Waals surface area contributed by atoms with Crippen LogP contribution >= 0.6 is 23.7 Å². The number of hydrogen-bond acceptors (Lipinski definition) is 3. The predicted molar refractivity (Wildman–Crippen MR) is 70.5 cm³/mol. The Balaban J connectivity index is 0.00000162. The van der Waals surface area contributed by atoms with Crippen molar-refractivity contribution in [1.29, 1.82) is 0 Å². The Morgan fingerprint density at radius 3 is 2.33 bits per heavy atom. The average molecular weight is 292 g/mol. The van der Waals surface area contributed by atoms with Crippen LogP contribution in [0.25, 0.3) is 0 Å². The minimum Gasteiger partial charge on any atom is -0.497 e. The highest BCUT2D eigenvalue weighted by Crippen LogP contribution is 2.29. The van der Waals surface area contributed by atoms with Gasteiger partial charge in [-0.1, -0.05) is 0 Å². The summed E-state index contributed by atoms with van der Waals surface area (Å²) < 4.78 is 32.3. The van der Waals surface area contributed by atoms with Crippen LogP contribution in [0.5, 0.6) is 5.75 Å². The molecule has 1 atom stereocenters. The van der Waals surface area contributed by atoms with E-state index >= 15 is 0 Å². The van der Waals surface area contributed by atoms with E-state index in [1.54, 1.807) is 11.4 Å². The summed E-state index contributed by atoms with van der Waals surface area (Å²) in [6, 6.07) is 3.21. The van der Waals surface area contributed by atoms with Crippen LogP contribution in [0.4, 0.5) is 8.78 Å². The van der Waals surface area contributed by atoms with Crippen molar-refractivity contribution in [3.05, 3.63) is 51.7 Å². The number of rotatable bonds is 3. The van der Waals surface area contributed by atoms with Crippen molar-refractivity contribution in [2.24, 2.45) is 5.73 Å². The Morgan fingerprint density at radius 2 is 1.89 bits per heavy atom. The first-order chi connectivity index (χ1) is 8.13. The fraction of sp³-hybridized carbons (Fsp3) is 0.167. The van der Waals surface area contributed by atoms with Gasteiger partial charge in [0.25, 0.3) is 0 Å². The summed E-state index contributed by atoms with van der Waals surface area (Å²) in [5.41, 5.74) is 6.40. The first-order valence-corrected chi connectivity index (χ1v) is 5.88. The van der Waals surface area contributed by atoms with Crippen molar-refractivity contribution in [2.45, 2.75) is 6.04 Å². The lowest BCUT2D eigenvalue weighted by Gasteiger charge is -2.13. The van der Waals surface area contributed by atoms with Crippen LogP contribution in [0, 0.1) is 11.6 Å². The summed E-state index contributed by atoms with van der Waals surface area (Å²) in [4.78, 5) is 0. The lowest BCUT2D eigenvalue weighted by molar-refractivity contribution is 0.404. The van der Waals surface area contributed by atoms with Gasteiger partial charge in [0.2, 0.25) is 0 Å². The van der Waals surface area contributed by atoms with Crippen LogP contribution < -0.4 is 10.5 Å². The minimum atomic E-state index is -0.799. The van der Waals surface area contributed by atoms with E-state index in [0.29, 0.717) is 5.56 Å². The monoisotopic (exact) mass is 291 g/mol. The molecule has 0 fully saturated rings. The summed E-state index contributed by atoms with van der Waals surface area (Å²) in [7, 11) is 1.35. The van der Waals surface area contributed by atoms with Gasteiger partial charge in [-0.2, -0.15) is 11.3 Å². The molecule has 6 heteroatoms. The molecule has 1 heterocycles. The topological polar surface area (TPSA) is 35.2 Å². The van der Waals surface area contributed by atoms with Crippen LogP contribution in [0.15, 0.2) is 29.0 Å². The average Bonchev–Trinajstić information content (AvgIpc) is 2.81. The van der Waals surface area contributed by atoms with E-state index in [0.717, 1.165) is 12.1 Å². The lowest BCUT2D eigenvalue weighted by Crippen LogP contribution is -2.15. The summed E-state index contributed by atoms with van der Waals surface area (Å²) in [6.45, 7) is 0. The lowest BCUT2D eigenvalue weighted by atomic mass is 10.0. The molecule has 18 heavy (non-hydrogen) atoms. The van der Waals surface area contributed by atoms with Crippen molar-refractivity contribution < 1.29 is 13.5 Å². The molecule has 0 aliphatic carbocycles. The smallest absolute Gasteiger partial charge is 0.134 e. The molecule has 98 valence electrons. The van der Waals surface area contributed by atoms with E-state index in [1.807, 2.05) is 5.38 Å². The quantitative estimate of drug-likeness (QED) is 0.939. The highest BCUT2D eigenvalue weighted by molar-refractivity contribution is 7.08. The van der Waals surface area contributed by atoms with Gasteiger partial charge in [-0.3, -0.25) is 0 Å². The summed E-state index contributed by atoms with van der Waals surface area (Å²) >= 11 is 1.43. The summed E-state index contributed by atoms with van der Waals surface area (Å²) in [5.74, 6) is -1.25. The van der Waals surface area contributed by atoms with Gasteiger partial charge in [0, 0.05) is 17.7 Å². The molecule has 0 amide bonds. The number of nitrogens with two attached hydrogens (primary N) is 1. The Morgan fingerprint density at radius 1 is 1.28 bits per heavy atom. The molecular formula is C12H12ClF2NOS. The second kappa shape index (κ2) is 6.13. The van der Waals surface area contributed by atoms with Crippen LogP contribution in [0.3, 0.4) is 0 Å². The third-order valence-corrected chi connectivity index (χ3v) is 3.20. The molecule has 1 aromatic carbocycles. The third-order valence-electron chi connectivity index (χ3n) is 2.50. The molecule has 0 radical (unpaired) electrons. The molecule has 0 unspecified atom stereocenters. The van der Waals surface area contributed by atoms with E-state index < -0.39 is 17.7 Å². The highest BCUT2D eigenvalue weighted by atomic mass is 35.5. The molecule has 0 spiro atoms. The predicted octanol–water partition coefficient (Wildman–Crippen LogP) is 3.50. The summed E-state index contributed by atoms with van der Waals surface area (Å²) in [5, 5.41) is 3.59. The van der Waals surface area contributed by atoms with Gasteiger partial charge in [-0.25, -0.2) is 8.78 Å². The van der Waals surface area contributed by atoms with Gasteiger partial charge >= 0.3 is 0 Å². The Hall–Kier alpha value is -1.17. The fourth-order valence-electron chi connectivity index (χ4n) is 1.59. The normalized spacial score (nSPS) is 11.8. The largest absolute Gasteiger partial charge is 0.497 e. The third kappa shape index (κ3) is 2.80. The number of thiophene rings is 1. The van der Waals surface area contributed by atoms with Crippen LogP contribution in [-0.4, -0.2) is 7.11 Å². The number of methoxy groups -OCH3 is 1. The zero-order valence-corrected chi connectivity index (χ0v) is 11.2. The maximum atomic E-state index is 13.7.